The van der Waals surface area contributed by atoms with E-state index in [0.29, 0.717) is 30.4 Å². The molecule has 8 nitrogen and oxygen atoms in total. The van der Waals surface area contributed by atoms with Crippen LogP contribution in [0.5, 0.6) is 0 Å². The number of halogens is 2. The molecular formula is C19H26ClFN6O2. The van der Waals surface area contributed by atoms with Crippen LogP contribution in [0.1, 0.15) is 47.8 Å². The Balaban J connectivity index is 0.00000300. The van der Waals surface area contributed by atoms with Crippen molar-refractivity contribution in [2.75, 3.05) is 25.0 Å². The SMILES string of the molecule is Cl.Cn1nc(C2CCNCC2)nc1NC(=O)CCCNC(=O)c1ccc(F)cc1. The number of hydrogen-bond donors (Lipinski definition) is 3. The molecule has 1 fully saturated rings. The monoisotopic (exact) mass is 424 g/mol. The van der Waals surface area contributed by atoms with Gasteiger partial charge in [0, 0.05) is 31.5 Å². The molecule has 0 bridgehead atoms. The maximum absolute atomic E-state index is 12.9. The van der Waals surface area contributed by atoms with E-state index in [1.807, 2.05) is 0 Å². The molecule has 0 spiro atoms. The van der Waals surface area contributed by atoms with E-state index in [9.17, 15) is 14.0 Å². The molecule has 0 radical (unpaired) electrons. The molecule has 1 aliphatic rings. The van der Waals surface area contributed by atoms with Gasteiger partial charge in [-0.05, 0) is 56.6 Å². The number of piperidine rings is 1. The highest BCUT2D eigenvalue weighted by Crippen LogP contribution is 2.23. The number of carbonyl (C=O) groups is 2. The number of aryl methyl sites for hydroxylation is 1. The maximum atomic E-state index is 12.9. The van der Waals surface area contributed by atoms with Gasteiger partial charge in [-0.2, -0.15) is 10.1 Å². The highest BCUT2D eigenvalue weighted by molar-refractivity contribution is 5.94. The van der Waals surface area contributed by atoms with Gasteiger partial charge in [-0.3, -0.25) is 14.9 Å². The van der Waals surface area contributed by atoms with Crippen molar-refractivity contribution in [2.24, 2.45) is 7.05 Å². The molecule has 0 saturated carbocycles. The minimum atomic E-state index is -0.389. The van der Waals surface area contributed by atoms with Crippen LogP contribution in [-0.2, 0) is 11.8 Å². The average Bonchev–Trinajstić information content (AvgIpc) is 3.06. The summed E-state index contributed by atoms with van der Waals surface area (Å²) < 4.78 is 14.5. The van der Waals surface area contributed by atoms with Crippen LogP contribution in [0.2, 0.25) is 0 Å². The second kappa shape index (κ2) is 10.9. The summed E-state index contributed by atoms with van der Waals surface area (Å²) in [5.41, 5.74) is 0.385. The van der Waals surface area contributed by atoms with Crippen molar-refractivity contribution in [3.05, 3.63) is 41.5 Å². The summed E-state index contributed by atoms with van der Waals surface area (Å²) in [7, 11) is 1.76. The molecule has 1 saturated heterocycles. The van der Waals surface area contributed by atoms with E-state index in [1.54, 1.807) is 11.7 Å². The third kappa shape index (κ3) is 6.50. The maximum Gasteiger partial charge on any atom is 0.251 e. The lowest BCUT2D eigenvalue weighted by atomic mass is 9.98. The van der Waals surface area contributed by atoms with Crippen LogP contribution in [-0.4, -0.2) is 46.2 Å². The molecule has 1 aromatic carbocycles. The number of carbonyl (C=O) groups excluding carboxylic acids is 2. The summed E-state index contributed by atoms with van der Waals surface area (Å²) in [6, 6.07) is 5.32. The van der Waals surface area contributed by atoms with Crippen molar-refractivity contribution >= 4 is 30.2 Å². The number of rotatable bonds is 7. The van der Waals surface area contributed by atoms with Gasteiger partial charge in [0.2, 0.25) is 11.9 Å². The Bertz CT molecular complexity index is 821. The van der Waals surface area contributed by atoms with E-state index in [1.165, 1.54) is 24.3 Å². The highest BCUT2D eigenvalue weighted by Gasteiger charge is 2.21. The lowest BCUT2D eigenvalue weighted by molar-refractivity contribution is -0.116. The normalized spacial score (nSPS) is 14.1. The summed E-state index contributed by atoms with van der Waals surface area (Å²) in [6.45, 7) is 2.26. The fraction of sp³-hybridized carbons (Fsp3) is 0.474. The Labute approximate surface area is 175 Å². The summed E-state index contributed by atoms with van der Waals surface area (Å²) in [5.74, 6) is 0.670. The highest BCUT2D eigenvalue weighted by atomic mass is 35.5. The van der Waals surface area contributed by atoms with Crippen LogP contribution in [0.15, 0.2) is 24.3 Å². The molecule has 1 aromatic heterocycles. The zero-order valence-corrected chi connectivity index (χ0v) is 17.1. The van der Waals surface area contributed by atoms with Gasteiger partial charge in [-0.1, -0.05) is 0 Å². The van der Waals surface area contributed by atoms with Crippen LogP contribution in [0.25, 0.3) is 0 Å². The number of nitrogens with zero attached hydrogens (tertiary/aromatic N) is 3. The predicted octanol–water partition coefficient (Wildman–Crippen LogP) is 1.99. The Hall–Kier alpha value is -2.52. The molecule has 1 aliphatic heterocycles. The van der Waals surface area contributed by atoms with Crippen LogP contribution in [0.3, 0.4) is 0 Å². The first-order valence-corrected chi connectivity index (χ1v) is 9.48. The van der Waals surface area contributed by atoms with Crippen molar-refractivity contribution in [2.45, 2.75) is 31.6 Å². The Morgan fingerprint density at radius 1 is 1.24 bits per heavy atom. The van der Waals surface area contributed by atoms with Crippen molar-refractivity contribution in [3.8, 4) is 0 Å². The van der Waals surface area contributed by atoms with Crippen LogP contribution < -0.4 is 16.0 Å². The molecule has 10 heteroatoms. The van der Waals surface area contributed by atoms with Gasteiger partial charge >= 0.3 is 0 Å². The molecule has 0 atom stereocenters. The standard InChI is InChI=1S/C19H25FN6O2.ClH/c1-26-19(24-17(25-26)13-8-11-21-12-9-13)23-16(27)3-2-10-22-18(28)14-4-6-15(20)7-5-14;/h4-7,13,21H,2-3,8-12H2,1H3,(H,22,28)(H,23,24,25,27);1H. The van der Waals surface area contributed by atoms with E-state index in [0.717, 1.165) is 31.8 Å². The summed E-state index contributed by atoms with van der Waals surface area (Å²) in [5, 5.41) is 13.2. The van der Waals surface area contributed by atoms with Crippen molar-refractivity contribution in [1.29, 1.82) is 0 Å². The van der Waals surface area contributed by atoms with E-state index in [4.69, 9.17) is 0 Å². The summed E-state index contributed by atoms with van der Waals surface area (Å²) >= 11 is 0. The molecule has 2 amide bonds. The zero-order chi connectivity index (χ0) is 19.9. The van der Waals surface area contributed by atoms with Gasteiger partial charge in [-0.15, -0.1) is 12.4 Å². The number of anilines is 1. The van der Waals surface area contributed by atoms with Crippen molar-refractivity contribution < 1.29 is 14.0 Å². The Kier molecular flexibility index (Phi) is 8.53. The molecule has 3 N–H and O–H groups in total. The van der Waals surface area contributed by atoms with Gasteiger partial charge < -0.3 is 10.6 Å². The first kappa shape index (κ1) is 22.8. The molecule has 29 heavy (non-hydrogen) atoms. The molecule has 158 valence electrons. The van der Waals surface area contributed by atoms with Crippen LogP contribution in [0, 0.1) is 5.82 Å². The largest absolute Gasteiger partial charge is 0.352 e. The number of nitrogens with one attached hydrogen (secondary N) is 3. The van der Waals surface area contributed by atoms with E-state index in [-0.39, 0.29) is 36.5 Å². The Morgan fingerprint density at radius 3 is 2.62 bits per heavy atom. The fourth-order valence-electron chi connectivity index (χ4n) is 3.11. The first-order chi connectivity index (χ1) is 13.5. The molecule has 2 heterocycles. The van der Waals surface area contributed by atoms with Gasteiger partial charge in [-0.25, -0.2) is 9.07 Å². The summed E-state index contributed by atoms with van der Waals surface area (Å²) in [6.07, 6.45) is 2.72. The number of hydrogen-bond acceptors (Lipinski definition) is 5. The summed E-state index contributed by atoms with van der Waals surface area (Å²) in [4.78, 5) is 28.5. The first-order valence-electron chi connectivity index (χ1n) is 9.48. The number of aromatic nitrogens is 3. The predicted molar refractivity (Wildman–Crippen MR) is 110 cm³/mol. The molecular weight excluding hydrogens is 399 g/mol. The second-order valence-corrected chi connectivity index (χ2v) is 6.86. The van der Waals surface area contributed by atoms with Gasteiger partial charge in [0.25, 0.3) is 5.91 Å². The van der Waals surface area contributed by atoms with Gasteiger partial charge in [0.1, 0.15) is 5.82 Å². The van der Waals surface area contributed by atoms with Crippen LogP contribution in [0.4, 0.5) is 10.3 Å². The van der Waals surface area contributed by atoms with Gasteiger partial charge in [0.05, 0.1) is 0 Å². The Morgan fingerprint density at radius 2 is 1.93 bits per heavy atom. The van der Waals surface area contributed by atoms with Crippen molar-refractivity contribution in [1.82, 2.24) is 25.4 Å². The smallest absolute Gasteiger partial charge is 0.251 e. The topological polar surface area (TPSA) is 101 Å². The van der Waals surface area contributed by atoms with E-state index in [2.05, 4.69) is 26.0 Å². The molecule has 2 aromatic rings. The quantitative estimate of drug-likeness (QED) is 0.590. The zero-order valence-electron chi connectivity index (χ0n) is 16.3. The van der Waals surface area contributed by atoms with Crippen molar-refractivity contribution in [3.63, 3.8) is 0 Å². The fourth-order valence-corrected chi connectivity index (χ4v) is 3.11. The van der Waals surface area contributed by atoms with E-state index >= 15 is 0 Å². The third-order valence-corrected chi connectivity index (χ3v) is 4.71. The number of amides is 2. The average molecular weight is 425 g/mol. The molecule has 0 aliphatic carbocycles. The van der Waals surface area contributed by atoms with Gasteiger partial charge in [0.15, 0.2) is 5.82 Å². The van der Waals surface area contributed by atoms with Crippen LogP contribution >= 0.6 is 12.4 Å². The second-order valence-electron chi connectivity index (χ2n) is 6.86. The van der Waals surface area contributed by atoms with E-state index < -0.39 is 0 Å². The molecule has 3 rings (SSSR count). The third-order valence-electron chi connectivity index (χ3n) is 4.71. The lowest BCUT2D eigenvalue weighted by Crippen LogP contribution is -2.27. The minimum Gasteiger partial charge on any atom is -0.352 e. The number of benzene rings is 1. The molecule has 0 unspecified atom stereocenters. The minimum absolute atomic E-state index is 0. The lowest BCUT2D eigenvalue weighted by Gasteiger charge is -2.19.